The summed E-state index contributed by atoms with van der Waals surface area (Å²) >= 11 is 0. The molecule has 0 saturated heterocycles. The van der Waals surface area contributed by atoms with E-state index in [1.165, 1.54) is 12.1 Å². The number of hydrogen-bond acceptors (Lipinski definition) is 2. The van der Waals surface area contributed by atoms with Gasteiger partial charge in [-0.2, -0.15) is 0 Å². The van der Waals surface area contributed by atoms with Crippen molar-refractivity contribution in [3.8, 4) is 5.75 Å². The van der Waals surface area contributed by atoms with Crippen LogP contribution >= 0.6 is 0 Å². The molecule has 0 amide bonds. The Balaban J connectivity index is 2.68. The summed E-state index contributed by atoms with van der Waals surface area (Å²) in [6, 6.07) is 6.64. The van der Waals surface area contributed by atoms with Gasteiger partial charge in [0.05, 0.1) is 0 Å². The molecule has 0 spiro atoms. The molecule has 17 heavy (non-hydrogen) atoms. The summed E-state index contributed by atoms with van der Waals surface area (Å²) in [5, 5.41) is 3.27. The second kappa shape index (κ2) is 7.28. The number of likely N-dealkylation sites (N-methyl/N-ethyl adjacent to an activating group) is 1. The molecule has 0 fully saturated rings. The highest BCUT2D eigenvalue weighted by atomic mass is 19.1. The smallest absolute Gasteiger partial charge is 0.126 e. The maximum atomic E-state index is 13.1. The zero-order chi connectivity index (χ0) is 12.7. The largest absolute Gasteiger partial charge is 0.489 e. The number of rotatable bonds is 7. The van der Waals surface area contributed by atoms with Gasteiger partial charge in [-0.15, -0.1) is 0 Å². The lowest BCUT2D eigenvalue weighted by Gasteiger charge is -2.26. The Kier molecular flexibility index (Phi) is 5.98. The highest BCUT2D eigenvalue weighted by molar-refractivity contribution is 5.22. The third-order valence-corrected chi connectivity index (χ3v) is 2.91. The van der Waals surface area contributed by atoms with Crippen molar-refractivity contribution < 1.29 is 9.13 Å². The van der Waals surface area contributed by atoms with E-state index in [1.54, 1.807) is 12.1 Å². The highest BCUT2D eigenvalue weighted by Gasteiger charge is 2.19. The molecule has 1 rings (SSSR count). The van der Waals surface area contributed by atoms with E-state index in [0.29, 0.717) is 11.8 Å². The van der Waals surface area contributed by atoms with Gasteiger partial charge in [0.2, 0.25) is 0 Å². The number of halogens is 1. The predicted molar refractivity (Wildman–Crippen MR) is 68.9 cm³/mol. The van der Waals surface area contributed by atoms with E-state index in [4.69, 9.17) is 4.74 Å². The molecule has 1 N–H and O–H groups in total. The van der Waals surface area contributed by atoms with Crippen molar-refractivity contribution in [3.63, 3.8) is 0 Å². The van der Waals surface area contributed by atoms with Gasteiger partial charge < -0.3 is 10.1 Å². The fraction of sp³-hybridized carbons (Fsp3) is 0.571. The molecule has 0 bridgehead atoms. The van der Waals surface area contributed by atoms with E-state index < -0.39 is 0 Å². The first-order valence-electron chi connectivity index (χ1n) is 6.30. The molecule has 0 aliphatic heterocycles. The van der Waals surface area contributed by atoms with Crippen molar-refractivity contribution >= 4 is 0 Å². The number of nitrogens with one attached hydrogen (secondary N) is 1. The van der Waals surface area contributed by atoms with Gasteiger partial charge in [0.25, 0.3) is 0 Å². The SMILES string of the molecule is CCCC(NC)C(CC)Oc1cccc(F)c1. The maximum Gasteiger partial charge on any atom is 0.126 e. The van der Waals surface area contributed by atoms with Crippen LogP contribution in [0.3, 0.4) is 0 Å². The normalized spacial score (nSPS) is 14.4. The summed E-state index contributed by atoms with van der Waals surface area (Å²) in [6.07, 6.45) is 3.16. The lowest BCUT2D eigenvalue weighted by molar-refractivity contribution is 0.146. The van der Waals surface area contributed by atoms with Gasteiger partial charge in [-0.05, 0) is 32.0 Å². The molecule has 3 heteroatoms. The first kappa shape index (κ1) is 14.0. The van der Waals surface area contributed by atoms with Crippen LogP contribution in [0.15, 0.2) is 24.3 Å². The summed E-state index contributed by atoms with van der Waals surface area (Å²) in [5.74, 6) is 0.349. The van der Waals surface area contributed by atoms with Gasteiger partial charge in [-0.1, -0.05) is 26.3 Å². The first-order chi connectivity index (χ1) is 8.21. The second-order valence-electron chi connectivity index (χ2n) is 4.21. The van der Waals surface area contributed by atoms with Crippen molar-refractivity contribution in [2.75, 3.05) is 7.05 Å². The molecule has 0 radical (unpaired) electrons. The summed E-state index contributed by atoms with van der Waals surface area (Å²) in [6.45, 7) is 4.24. The highest BCUT2D eigenvalue weighted by Crippen LogP contribution is 2.18. The van der Waals surface area contributed by atoms with E-state index in [2.05, 4.69) is 19.2 Å². The first-order valence-corrected chi connectivity index (χ1v) is 6.30. The number of benzene rings is 1. The van der Waals surface area contributed by atoms with Gasteiger partial charge in [0.1, 0.15) is 17.7 Å². The van der Waals surface area contributed by atoms with E-state index in [1.807, 2.05) is 7.05 Å². The molecule has 96 valence electrons. The topological polar surface area (TPSA) is 21.3 Å². The molecule has 0 aliphatic carbocycles. The standard InChI is InChI=1S/C14H22FNO/c1-4-7-13(16-3)14(5-2)17-12-9-6-8-11(15)10-12/h6,8-10,13-14,16H,4-5,7H2,1-3H3. The number of hydrogen-bond donors (Lipinski definition) is 1. The van der Waals surface area contributed by atoms with Crippen LogP contribution < -0.4 is 10.1 Å². The fourth-order valence-corrected chi connectivity index (χ4v) is 1.99. The zero-order valence-electron chi connectivity index (χ0n) is 10.9. The summed E-state index contributed by atoms with van der Waals surface area (Å²) < 4.78 is 18.9. The molecular weight excluding hydrogens is 217 g/mol. The molecule has 0 heterocycles. The molecule has 1 aromatic carbocycles. The van der Waals surface area contributed by atoms with E-state index in [0.717, 1.165) is 19.3 Å². The zero-order valence-corrected chi connectivity index (χ0v) is 10.9. The van der Waals surface area contributed by atoms with Crippen molar-refractivity contribution in [1.29, 1.82) is 0 Å². The van der Waals surface area contributed by atoms with E-state index in [-0.39, 0.29) is 11.9 Å². The Morgan fingerprint density at radius 3 is 2.65 bits per heavy atom. The predicted octanol–water partition coefficient (Wildman–Crippen LogP) is 3.37. The third-order valence-electron chi connectivity index (χ3n) is 2.91. The van der Waals surface area contributed by atoms with Crippen molar-refractivity contribution in [1.82, 2.24) is 5.32 Å². The molecule has 2 atom stereocenters. The molecule has 2 unspecified atom stereocenters. The van der Waals surface area contributed by atoms with Crippen LogP contribution in [0.5, 0.6) is 5.75 Å². The molecule has 2 nitrogen and oxygen atoms in total. The van der Waals surface area contributed by atoms with Crippen molar-refractivity contribution in [2.45, 2.75) is 45.3 Å². The average Bonchev–Trinajstić information content (AvgIpc) is 2.33. The van der Waals surface area contributed by atoms with Crippen LogP contribution in [-0.2, 0) is 0 Å². The maximum absolute atomic E-state index is 13.1. The Morgan fingerprint density at radius 1 is 1.35 bits per heavy atom. The molecule has 0 saturated carbocycles. The minimum Gasteiger partial charge on any atom is -0.489 e. The summed E-state index contributed by atoms with van der Waals surface area (Å²) in [7, 11) is 1.94. The third kappa shape index (κ3) is 4.35. The van der Waals surface area contributed by atoms with Crippen LogP contribution in [-0.4, -0.2) is 19.2 Å². The molecule has 0 aromatic heterocycles. The van der Waals surface area contributed by atoms with Gasteiger partial charge in [0, 0.05) is 12.1 Å². The summed E-state index contributed by atoms with van der Waals surface area (Å²) in [4.78, 5) is 0. The van der Waals surface area contributed by atoms with Crippen LogP contribution in [0, 0.1) is 5.82 Å². The summed E-state index contributed by atoms with van der Waals surface area (Å²) in [5.41, 5.74) is 0. The minimum absolute atomic E-state index is 0.0850. The molecular formula is C14H22FNO. The van der Waals surface area contributed by atoms with Crippen molar-refractivity contribution in [2.24, 2.45) is 0 Å². The number of ether oxygens (including phenoxy) is 1. The van der Waals surface area contributed by atoms with E-state index in [9.17, 15) is 4.39 Å². The Hall–Kier alpha value is -1.09. The van der Waals surface area contributed by atoms with Crippen LogP contribution in [0.4, 0.5) is 4.39 Å². The van der Waals surface area contributed by atoms with Crippen LogP contribution in [0.25, 0.3) is 0 Å². The average molecular weight is 239 g/mol. The van der Waals surface area contributed by atoms with Crippen molar-refractivity contribution in [3.05, 3.63) is 30.1 Å². The fourth-order valence-electron chi connectivity index (χ4n) is 1.99. The van der Waals surface area contributed by atoms with Gasteiger partial charge in [-0.25, -0.2) is 4.39 Å². The Bertz CT molecular complexity index is 330. The quantitative estimate of drug-likeness (QED) is 0.787. The minimum atomic E-state index is -0.256. The van der Waals surface area contributed by atoms with Gasteiger partial charge >= 0.3 is 0 Å². The molecule has 0 aliphatic rings. The van der Waals surface area contributed by atoms with Gasteiger partial charge in [0.15, 0.2) is 0 Å². The Morgan fingerprint density at radius 2 is 2.12 bits per heavy atom. The second-order valence-corrected chi connectivity index (χ2v) is 4.21. The van der Waals surface area contributed by atoms with Crippen LogP contribution in [0.2, 0.25) is 0 Å². The van der Waals surface area contributed by atoms with Crippen LogP contribution in [0.1, 0.15) is 33.1 Å². The van der Waals surface area contributed by atoms with Gasteiger partial charge in [-0.3, -0.25) is 0 Å². The Labute approximate surface area is 103 Å². The monoisotopic (exact) mass is 239 g/mol. The molecule has 1 aromatic rings. The van der Waals surface area contributed by atoms with E-state index >= 15 is 0 Å². The lowest BCUT2D eigenvalue weighted by atomic mass is 10.0. The lowest BCUT2D eigenvalue weighted by Crippen LogP contribution is -2.40.